The van der Waals surface area contributed by atoms with E-state index >= 15 is 0 Å². The number of nitro groups is 1. The number of hydrogen-bond donors (Lipinski definition) is 1. The molecule has 1 aromatic heterocycles. The van der Waals surface area contributed by atoms with Crippen molar-refractivity contribution >= 4 is 60.3 Å². The first kappa shape index (κ1) is 15.2. The number of non-ortho nitro benzene ring substituents is 1. The molecule has 20 heavy (non-hydrogen) atoms. The normalized spacial score (nSPS) is 11.3. The summed E-state index contributed by atoms with van der Waals surface area (Å²) in [6.45, 7) is 0. The molecule has 1 heterocycles. The van der Waals surface area contributed by atoms with Crippen molar-refractivity contribution in [3.05, 3.63) is 43.4 Å². The van der Waals surface area contributed by atoms with E-state index in [1.165, 1.54) is 12.1 Å². The Morgan fingerprint density at radius 3 is 2.70 bits per heavy atom. The van der Waals surface area contributed by atoms with Gasteiger partial charge in [0, 0.05) is 16.6 Å². The van der Waals surface area contributed by atoms with Gasteiger partial charge in [-0.3, -0.25) is 14.8 Å². The average Bonchev–Trinajstić information content (AvgIpc) is 2.79. The fourth-order valence-corrected chi connectivity index (χ4v) is 4.10. The Bertz CT molecular complexity index is 777. The molecule has 2 aromatic rings. The van der Waals surface area contributed by atoms with Gasteiger partial charge in [-0.15, -0.1) is 0 Å². The van der Waals surface area contributed by atoms with Crippen molar-refractivity contribution in [3.8, 4) is 0 Å². The maximum Gasteiger partial charge on any atom is 0.273 e. The van der Waals surface area contributed by atoms with Gasteiger partial charge in [0.05, 0.1) is 16.8 Å². The van der Waals surface area contributed by atoms with Crippen molar-refractivity contribution < 1.29 is 13.3 Å². The number of nitro benzene ring substituents is 1. The monoisotopic (exact) mass is 397 g/mol. The van der Waals surface area contributed by atoms with Gasteiger partial charge in [0.1, 0.15) is 0 Å². The fraction of sp³-hybridized carbons (Fsp3) is 0. The predicted octanol–water partition coefficient (Wildman–Crippen LogP) is 3.27. The number of rotatable bonds is 4. The van der Waals surface area contributed by atoms with Crippen LogP contribution in [0.25, 0.3) is 0 Å². The van der Waals surface area contributed by atoms with Gasteiger partial charge in [-0.05, 0) is 22.0 Å². The lowest BCUT2D eigenvalue weighted by Crippen LogP contribution is -2.12. The fourth-order valence-electron chi connectivity index (χ4n) is 1.26. The van der Waals surface area contributed by atoms with Crippen LogP contribution in [0.1, 0.15) is 0 Å². The maximum absolute atomic E-state index is 12.1. The van der Waals surface area contributed by atoms with Crippen molar-refractivity contribution in [1.82, 2.24) is 4.98 Å². The molecule has 0 saturated heterocycles. The molecular formula is C9H5BrClN3O4S2. The van der Waals surface area contributed by atoms with E-state index in [-0.39, 0.29) is 20.1 Å². The smallest absolute Gasteiger partial charge is 0.273 e. The van der Waals surface area contributed by atoms with Crippen molar-refractivity contribution in [2.75, 3.05) is 4.72 Å². The van der Waals surface area contributed by atoms with Crippen molar-refractivity contribution in [2.45, 2.75) is 4.21 Å². The summed E-state index contributed by atoms with van der Waals surface area (Å²) in [4.78, 5) is 13.7. The van der Waals surface area contributed by atoms with Gasteiger partial charge >= 0.3 is 0 Å². The Kier molecular flexibility index (Phi) is 4.28. The molecule has 0 unspecified atom stereocenters. The highest BCUT2D eigenvalue weighted by atomic mass is 79.9. The topological polar surface area (TPSA) is 102 Å². The standard InChI is InChI=1S/C9H5BrClN3O4S2/c10-6-2-1-5(14(15)16)3-7(6)13-20(17,18)8-4-12-9(11)19-8/h1-4,13H. The number of anilines is 1. The van der Waals surface area contributed by atoms with Crippen LogP contribution in [0.5, 0.6) is 0 Å². The minimum absolute atomic E-state index is 0.0590. The quantitative estimate of drug-likeness (QED) is 0.629. The third-order valence-electron chi connectivity index (χ3n) is 2.13. The van der Waals surface area contributed by atoms with Gasteiger partial charge in [-0.25, -0.2) is 13.4 Å². The summed E-state index contributed by atoms with van der Waals surface area (Å²) in [6.07, 6.45) is 1.11. The third kappa shape index (κ3) is 3.26. The lowest BCUT2D eigenvalue weighted by molar-refractivity contribution is -0.384. The van der Waals surface area contributed by atoms with Crippen LogP contribution in [0.3, 0.4) is 0 Å². The molecule has 106 valence electrons. The van der Waals surface area contributed by atoms with Crippen LogP contribution in [-0.4, -0.2) is 18.3 Å². The second-order valence-electron chi connectivity index (χ2n) is 3.46. The largest absolute Gasteiger partial charge is 0.278 e. The number of nitrogens with one attached hydrogen (secondary N) is 1. The highest BCUT2D eigenvalue weighted by Crippen LogP contribution is 2.30. The molecule has 0 amide bonds. The van der Waals surface area contributed by atoms with Crippen molar-refractivity contribution in [2.24, 2.45) is 0 Å². The molecule has 0 spiro atoms. The molecule has 0 atom stereocenters. The van der Waals surface area contributed by atoms with E-state index in [0.29, 0.717) is 4.47 Å². The second-order valence-corrected chi connectivity index (χ2v) is 7.84. The van der Waals surface area contributed by atoms with E-state index in [0.717, 1.165) is 23.6 Å². The molecule has 2 rings (SSSR count). The van der Waals surface area contributed by atoms with Gasteiger partial charge < -0.3 is 0 Å². The highest BCUT2D eigenvalue weighted by molar-refractivity contribution is 9.10. The van der Waals surface area contributed by atoms with Gasteiger partial charge in [0.15, 0.2) is 8.68 Å². The SMILES string of the molecule is O=[N+]([O-])c1ccc(Br)c(NS(=O)(=O)c2cnc(Cl)s2)c1. The summed E-state index contributed by atoms with van der Waals surface area (Å²) in [5.41, 5.74) is -0.169. The molecule has 0 aliphatic rings. The Morgan fingerprint density at radius 1 is 1.45 bits per heavy atom. The molecule has 0 bridgehead atoms. The van der Waals surface area contributed by atoms with Crippen LogP contribution in [0.4, 0.5) is 11.4 Å². The first-order valence-electron chi connectivity index (χ1n) is 4.88. The molecule has 0 fully saturated rings. The Balaban J connectivity index is 2.39. The van der Waals surface area contributed by atoms with E-state index in [2.05, 4.69) is 25.6 Å². The first-order valence-corrected chi connectivity index (χ1v) is 8.35. The lowest BCUT2D eigenvalue weighted by atomic mass is 10.3. The van der Waals surface area contributed by atoms with Crippen LogP contribution in [0.15, 0.2) is 33.1 Å². The predicted molar refractivity (Wildman–Crippen MR) is 78.7 cm³/mol. The molecule has 0 saturated carbocycles. The Labute approximate surface area is 130 Å². The Morgan fingerprint density at radius 2 is 2.15 bits per heavy atom. The number of thiazole rings is 1. The average molecular weight is 399 g/mol. The number of aromatic nitrogens is 1. The van der Waals surface area contributed by atoms with E-state index in [9.17, 15) is 18.5 Å². The molecular weight excluding hydrogens is 394 g/mol. The zero-order chi connectivity index (χ0) is 14.9. The molecule has 0 radical (unpaired) electrons. The lowest BCUT2D eigenvalue weighted by Gasteiger charge is -2.07. The van der Waals surface area contributed by atoms with Crippen LogP contribution in [0.2, 0.25) is 4.47 Å². The van der Waals surface area contributed by atoms with E-state index < -0.39 is 14.9 Å². The number of halogens is 2. The Hall–Kier alpha value is -1.23. The summed E-state index contributed by atoms with van der Waals surface area (Å²) in [5, 5.41) is 10.7. The van der Waals surface area contributed by atoms with Crippen LogP contribution in [-0.2, 0) is 10.0 Å². The summed E-state index contributed by atoms with van der Waals surface area (Å²) in [6, 6.07) is 3.76. The molecule has 11 heteroatoms. The van der Waals surface area contributed by atoms with Crippen molar-refractivity contribution in [3.63, 3.8) is 0 Å². The second kappa shape index (κ2) is 5.64. The van der Waals surface area contributed by atoms with E-state index in [4.69, 9.17) is 11.6 Å². The van der Waals surface area contributed by atoms with Crippen LogP contribution >= 0.6 is 38.9 Å². The van der Waals surface area contributed by atoms with Gasteiger partial charge in [-0.1, -0.05) is 22.9 Å². The van der Waals surface area contributed by atoms with E-state index in [1.807, 2.05) is 0 Å². The molecule has 7 nitrogen and oxygen atoms in total. The summed E-state index contributed by atoms with van der Waals surface area (Å²) < 4.78 is 26.7. The minimum Gasteiger partial charge on any atom is -0.278 e. The summed E-state index contributed by atoms with van der Waals surface area (Å²) >= 11 is 9.49. The third-order valence-corrected chi connectivity index (χ3v) is 5.76. The van der Waals surface area contributed by atoms with Gasteiger partial charge in [-0.2, -0.15) is 0 Å². The zero-order valence-corrected chi connectivity index (χ0v) is 13.4. The van der Waals surface area contributed by atoms with Crippen molar-refractivity contribution in [1.29, 1.82) is 0 Å². The molecule has 1 N–H and O–H groups in total. The van der Waals surface area contributed by atoms with Crippen LogP contribution < -0.4 is 4.72 Å². The molecule has 0 aliphatic carbocycles. The minimum atomic E-state index is -3.89. The number of hydrogen-bond acceptors (Lipinski definition) is 6. The summed E-state index contributed by atoms with van der Waals surface area (Å²) in [7, 11) is -3.89. The van der Waals surface area contributed by atoms with Gasteiger partial charge in [0.25, 0.3) is 15.7 Å². The number of benzene rings is 1. The summed E-state index contributed by atoms with van der Waals surface area (Å²) in [5.74, 6) is 0. The molecule has 0 aliphatic heterocycles. The molecule has 1 aromatic carbocycles. The zero-order valence-electron chi connectivity index (χ0n) is 9.41. The first-order chi connectivity index (χ1) is 9.29. The number of nitrogens with zero attached hydrogens (tertiary/aromatic N) is 2. The van der Waals surface area contributed by atoms with Crippen LogP contribution in [0, 0.1) is 10.1 Å². The number of sulfonamides is 1. The highest BCUT2D eigenvalue weighted by Gasteiger charge is 2.20. The van der Waals surface area contributed by atoms with E-state index in [1.54, 1.807) is 0 Å². The maximum atomic E-state index is 12.1. The van der Waals surface area contributed by atoms with Gasteiger partial charge in [0.2, 0.25) is 0 Å².